The van der Waals surface area contributed by atoms with E-state index in [9.17, 15) is 52.3 Å². The van der Waals surface area contributed by atoms with Crippen LogP contribution < -0.4 is 4.72 Å². The highest BCUT2D eigenvalue weighted by atomic mass is 32.2. The summed E-state index contributed by atoms with van der Waals surface area (Å²) >= 11 is 0. The second-order valence-electron chi connectivity index (χ2n) is 5.88. The predicted molar refractivity (Wildman–Crippen MR) is 81.9 cm³/mol. The molecule has 0 atom stereocenters. The Hall–Kier alpha value is -2.35. The van der Waals surface area contributed by atoms with Crippen LogP contribution in [0.3, 0.4) is 0 Å². The predicted octanol–water partition coefficient (Wildman–Crippen LogP) is 5.36. The van der Waals surface area contributed by atoms with Crippen LogP contribution in [-0.4, -0.2) is 8.42 Å². The lowest BCUT2D eigenvalue weighted by atomic mass is 10.1. The van der Waals surface area contributed by atoms with Crippen molar-refractivity contribution in [1.29, 1.82) is 0 Å². The summed E-state index contributed by atoms with van der Waals surface area (Å²) in [6, 6.07) is 0.991. The Labute approximate surface area is 162 Å². The average Bonchev–Trinajstić information content (AvgIpc) is 2.57. The molecule has 0 aliphatic heterocycles. The van der Waals surface area contributed by atoms with Crippen molar-refractivity contribution in [3.63, 3.8) is 0 Å². The quantitative estimate of drug-likeness (QED) is 0.613. The topological polar surface area (TPSA) is 46.2 Å². The van der Waals surface area contributed by atoms with E-state index in [0.717, 1.165) is 0 Å². The van der Waals surface area contributed by atoms with Gasteiger partial charge in [0.15, 0.2) is 0 Å². The molecule has 3 nitrogen and oxygen atoms in total. The summed E-state index contributed by atoms with van der Waals surface area (Å²) in [5.41, 5.74) is -5.74. The number of alkyl halides is 9. The Morgan fingerprint density at radius 2 is 1.23 bits per heavy atom. The number of hydrogen-bond donors (Lipinski definition) is 1. The monoisotopic (exact) mass is 469 g/mol. The molecule has 0 saturated heterocycles. The third-order valence-electron chi connectivity index (χ3n) is 3.68. The summed E-state index contributed by atoms with van der Waals surface area (Å²) < 4.78 is 154. The van der Waals surface area contributed by atoms with Gasteiger partial charge in [-0.25, -0.2) is 17.5 Å². The van der Waals surface area contributed by atoms with Gasteiger partial charge in [-0.15, -0.1) is 0 Å². The number of hydrogen-bond acceptors (Lipinski definition) is 2. The van der Waals surface area contributed by atoms with Gasteiger partial charge in [0.25, 0.3) is 0 Å². The molecular weight excluding hydrogens is 460 g/mol. The van der Waals surface area contributed by atoms with Gasteiger partial charge < -0.3 is 0 Å². The summed E-state index contributed by atoms with van der Waals surface area (Å²) in [5.74, 6) is -1.74. The molecule has 2 aromatic carbocycles. The zero-order chi connectivity index (χ0) is 23.1. The van der Waals surface area contributed by atoms with Crippen molar-refractivity contribution in [2.75, 3.05) is 0 Å². The van der Waals surface area contributed by atoms with Gasteiger partial charge in [-0.1, -0.05) is 6.07 Å². The standard InChI is InChI=1S/C16H9F10NO2S/c17-13-3-8(1-2-12(13)16(24,25)26)7-27-30(28,29)11-5-9(14(18,19)20)4-10(6-11)15(21,22)23/h1-6,27H,7H2. The van der Waals surface area contributed by atoms with Crippen molar-refractivity contribution in [2.45, 2.75) is 30.0 Å². The highest BCUT2D eigenvalue weighted by Gasteiger charge is 2.38. The Morgan fingerprint density at radius 3 is 1.63 bits per heavy atom. The van der Waals surface area contributed by atoms with Crippen LogP contribution in [0.4, 0.5) is 43.9 Å². The smallest absolute Gasteiger partial charge is 0.207 e. The summed E-state index contributed by atoms with van der Waals surface area (Å²) in [7, 11) is -4.97. The van der Waals surface area contributed by atoms with Crippen LogP contribution in [0.25, 0.3) is 0 Å². The number of benzene rings is 2. The van der Waals surface area contributed by atoms with Gasteiger partial charge in [0.1, 0.15) is 5.82 Å². The molecule has 166 valence electrons. The lowest BCUT2D eigenvalue weighted by Crippen LogP contribution is -2.25. The number of sulfonamides is 1. The average molecular weight is 469 g/mol. The molecule has 0 saturated carbocycles. The Kier molecular flexibility index (Phi) is 6.16. The van der Waals surface area contributed by atoms with E-state index in [1.54, 1.807) is 4.72 Å². The molecule has 0 heterocycles. The number of nitrogens with one attached hydrogen (secondary N) is 1. The fourth-order valence-electron chi connectivity index (χ4n) is 2.24. The fourth-order valence-corrected chi connectivity index (χ4v) is 3.33. The molecule has 0 radical (unpaired) electrons. The van der Waals surface area contributed by atoms with Crippen molar-refractivity contribution < 1.29 is 52.3 Å². The summed E-state index contributed by atoms with van der Waals surface area (Å²) in [6.45, 7) is -0.894. The molecule has 0 aromatic heterocycles. The molecule has 14 heteroatoms. The summed E-state index contributed by atoms with van der Waals surface area (Å²) in [5, 5.41) is 0. The van der Waals surface area contributed by atoms with E-state index >= 15 is 0 Å². The molecular formula is C16H9F10NO2S. The second-order valence-corrected chi connectivity index (χ2v) is 7.65. The third-order valence-corrected chi connectivity index (χ3v) is 5.06. The first-order valence-corrected chi connectivity index (χ1v) is 9.04. The van der Waals surface area contributed by atoms with Gasteiger partial charge in [0.05, 0.1) is 21.6 Å². The largest absolute Gasteiger partial charge is 0.419 e. The number of halogens is 10. The van der Waals surface area contributed by atoms with Crippen LogP contribution in [0.5, 0.6) is 0 Å². The summed E-state index contributed by atoms with van der Waals surface area (Å²) in [6.07, 6.45) is -15.6. The van der Waals surface area contributed by atoms with Crippen LogP contribution in [0, 0.1) is 5.82 Å². The van der Waals surface area contributed by atoms with E-state index < -0.39 is 62.5 Å². The van der Waals surface area contributed by atoms with Crippen molar-refractivity contribution in [1.82, 2.24) is 4.72 Å². The SMILES string of the molecule is O=S(=O)(NCc1ccc(C(F)(F)F)c(F)c1)c1cc(C(F)(F)F)cc(C(F)(F)F)c1. The van der Waals surface area contributed by atoms with Crippen LogP contribution >= 0.6 is 0 Å². The zero-order valence-corrected chi connectivity index (χ0v) is 15.0. The van der Waals surface area contributed by atoms with Gasteiger partial charge in [-0.2, -0.15) is 39.5 Å². The second kappa shape index (κ2) is 7.72. The molecule has 30 heavy (non-hydrogen) atoms. The van der Waals surface area contributed by atoms with Crippen LogP contribution in [0.15, 0.2) is 41.3 Å². The maximum absolute atomic E-state index is 13.5. The van der Waals surface area contributed by atoms with Crippen LogP contribution in [0.2, 0.25) is 0 Å². The minimum Gasteiger partial charge on any atom is -0.207 e. The minimum atomic E-state index is -5.29. The van der Waals surface area contributed by atoms with E-state index in [-0.39, 0.29) is 23.8 Å². The van der Waals surface area contributed by atoms with E-state index in [4.69, 9.17) is 0 Å². The Balaban J connectivity index is 2.37. The molecule has 0 spiro atoms. The van der Waals surface area contributed by atoms with Crippen molar-refractivity contribution >= 4 is 10.0 Å². The van der Waals surface area contributed by atoms with E-state index in [0.29, 0.717) is 18.2 Å². The fraction of sp³-hybridized carbons (Fsp3) is 0.250. The molecule has 0 aliphatic carbocycles. The van der Waals surface area contributed by atoms with E-state index in [1.807, 2.05) is 0 Å². The van der Waals surface area contributed by atoms with E-state index in [2.05, 4.69) is 0 Å². The van der Waals surface area contributed by atoms with Crippen molar-refractivity contribution in [3.05, 3.63) is 64.5 Å². The van der Waals surface area contributed by atoms with Crippen LogP contribution in [-0.2, 0) is 35.1 Å². The molecule has 2 rings (SSSR count). The molecule has 0 aliphatic rings. The molecule has 1 N–H and O–H groups in total. The maximum Gasteiger partial charge on any atom is 0.419 e. The highest BCUT2D eigenvalue weighted by Crippen LogP contribution is 2.37. The molecule has 2 aromatic rings. The lowest BCUT2D eigenvalue weighted by Gasteiger charge is -2.15. The first kappa shape index (κ1) is 23.9. The van der Waals surface area contributed by atoms with Gasteiger partial charge >= 0.3 is 18.5 Å². The van der Waals surface area contributed by atoms with Gasteiger partial charge in [-0.3, -0.25) is 0 Å². The normalized spacial score (nSPS) is 13.5. The zero-order valence-electron chi connectivity index (χ0n) is 14.2. The number of rotatable bonds is 4. The highest BCUT2D eigenvalue weighted by molar-refractivity contribution is 7.89. The third kappa shape index (κ3) is 5.62. The Morgan fingerprint density at radius 1 is 0.733 bits per heavy atom. The molecule has 0 fully saturated rings. The van der Waals surface area contributed by atoms with Crippen molar-refractivity contribution in [3.8, 4) is 0 Å². The van der Waals surface area contributed by atoms with Crippen molar-refractivity contribution in [2.24, 2.45) is 0 Å². The van der Waals surface area contributed by atoms with Crippen LogP contribution in [0.1, 0.15) is 22.3 Å². The lowest BCUT2D eigenvalue weighted by molar-refractivity contribution is -0.143. The summed E-state index contributed by atoms with van der Waals surface area (Å²) in [4.78, 5) is -1.38. The first-order chi connectivity index (χ1) is 13.4. The van der Waals surface area contributed by atoms with Gasteiger partial charge in [0.2, 0.25) is 10.0 Å². The minimum absolute atomic E-state index is 0.0368. The Bertz CT molecular complexity index is 1010. The van der Waals surface area contributed by atoms with Gasteiger partial charge in [-0.05, 0) is 35.9 Å². The molecule has 0 amide bonds. The molecule has 0 unspecified atom stereocenters. The van der Waals surface area contributed by atoms with E-state index in [1.165, 1.54) is 0 Å². The maximum atomic E-state index is 13.5. The molecule has 0 bridgehead atoms. The van der Waals surface area contributed by atoms with Gasteiger partial charge in [0, 0.05) is 6.54 Å². The first-order valence-electron chi connectivity index (χ1n) is 7.56.